The molecule has 1 amide bonds. The van der Waals surface area contributed by atoms with E-state index in [1.54, 1.807) is 30.4 Å². The van der Waals surface area contributed by atoms with Gasteiger partial charge in [-0.25, -0.2) is 13.4 Å². The summed E-state index contributed by atoms with van der Waals surface area (Å²) in [7, 11) is -3.26. The van der Waals surface area contributed by atoms with E-state index < -0.39 is 9.84 Å². The molecule has 1 N–H and O–H groups in total. The second-order valence-electron chi connectivity index (χ2n) is 8.07. The van der Waals surface area contributed by atoms with Crippen LogP contribution in [-0.4, -0.2) is 75.8 Å². The number of rotatable bonds is 9. The van der Waals surface area contributed by atoms with Gasteiger partial charge in [-0.2, -0.15) is 0 Å². The highest BCUT2D eigenvalue weighted by Crippen LogP contribution is 2.32. The third-order valence-corrected chi connectivity index (χ3v) is 8.70. The minimum atomic E-state index is -3.26. The summed E-state index contributed by atoms with van der Waals surface area (Å²) in [6, 6.07) is 12.1. The van der Waals surface area contributed by atoms with Crippen LogP contribution < -0.4 is 15.0 Å². The van der Waals surface area contributed by atoms with Gasteiger partial charge in [-0.05, 0) is 49.4 Å². The van der Waals surface area contributed by atoms with Crippen molar-refractivity contribution in [3.8, 4) is 5.75 Å². The van der Waals surface area contributed by atoms with Crippen molar-refractivity contribution >= 4 is 42.4 Å². The van der Waals surface area contributed by atoms with Gasteiger partial charge >= 0.3 is 0 Å². The number of benzene rings is 2. The topological polar surface area (TPSA) is 91.8 Å². The first kappa shape index (κ1) is 24.4. The van der Waals surface area contributed by atoms with Gasteiger partial charge < -0.3 is 15.0 Å². The lowest BCUT2D eigenvalue weighted by Gasteiger charge is -2.34. The van der Waals surface area contributed by atoms with Crippen molar-refractivity contribution in [1.82, 2.24) is 15.2 Å². The summed E-state index contributed by atoms with van der Waals surface area (Å²) in [4.78, 5) is 22.1. The number of hydrogen-bond donors (Lipinski definition) is 1. The molecular formula is C24H30N4O4S2. The number of nitrogens with zero attached hydrogens (tertiary/aromatic N) is 3. The molecule has 1 aromatic heterocycles. The molecule has 4 rings (SSSR count). The lowest BCUT2D eigenvalue weighted by molar-refractivity contribution is 0.0947. The molecule has 1 aliphatic rings. The highest BCUT2D eigenvalue weighted by molar-refractivity contribution is 7.91. The smallest absolute Gasteiger partial charge is 0.251 e. The number of nitrogens with one attached hydrogen (secondary N) is 1. The van der Waals surface area contributed by atoms with Crippen LogP contribution >= 0.6 is 11.3 Å². The predicted molar refractivity (Wildman–Crippen MR) is 136 cm³/mol. The maximum Gasteiger partial charge on any atom is 0.251 e. The summed E-state index contributed by atoms with van der Waals surface area (Å²) >= 11 is 1.69. The first-order valence-corrected chi connectivity index (χ1v) is 14.0. The van der Waals surface area contributed by atoms with E-state index in [-0.39, 0.29) is 16.6 Å². The lowest BCUT2D eigenvalue weighted by atomic mass is 10.2. The molecule has 34 heavy (non-hydrogen) atoms. The van der Waals surface area contributed by atoms with Crippen LogP contribution in [0.3, 0.4) is 0 Å². The van der Waals surface area contributed by atoms with Gasteiger partial charge in [0.1, 0.15) is 5.75 Å². The molecule has 0 bridgehead atoms. The molecule has 10 heteroatoms. The zero-order valence-electron chi connectivity index (χ0n) is 19.5. The Morgan fingerprint density at radius 3 is 2.50 bits per heavy atom. The van der Waals surface area contributed by atoms with Crippen molar-refractivity contribution in [2.75, 3.05) is 56.5 Å². The molecule has 0 aliphatic carbocycles. The zero-order chi connectivity index (χ0) is 24.1. The third kappa shape index (κ3) is 5.68. The largest absolute Gasteiger partial charge is 0.494 e. The molecule has 2 aromatic carbocycles. The van der Waals surface area contributed by atoms with Crippen LogP contribution in [0.4, 0.5) is 5.13 Å². The second kappa shape index (κ2) is 10.7. The number of piperazine rings is 1. The van der Waals surface area contributed by atoms with E-state index in [1.807, 2.05) is 19.1 Å². The van der Waals surface area contributed by atoms with Gasteiger partial charge in [-0.1, -0.05) is 18.3 Å². The van der Waals surface area contributed by atoms with Gasteiger partial charge in [0.2, 0.25) is 0 Å². The number of anilines is 1. The molecule has 1 aliphatic heterocycles. The third-order valence-electron chi connectivity index (χ3n) is 5.87. The normalized spacial score (nSPS) is 14.9. The molecule has 0 unspecified atom stereocenters. The van der Waals surface area contributed by atoms with Gasteiger partial charge in [0.25, 0.3) is 5.91 Å². The Kier molecular flexibility index (Phi) is 7.70. The van der Waals surface area contributed by atoms with E-state index in [2.05, 4.69) is 21.2 Å². The maximum atomic E-state index is 12.4. The minimum Gasteiger partial charge on any atom is -0.494 e. The molecule has 2 heterocycles. The Balaban J connectivity index is 1.24. The maximum absolute atomic E-state index is 12.4. The first-order chi connectivity index (χ1) is 16.4. The number of hydrogen-bond acceptors (Lipinski definition) is 8. The van der Waals surface area contributed by atoms with Crippen LogP contribution in [0.1, 0.15) is 24.2 Å². The molecule has 0 saturated carbocycles. The highest BCUT2D eigenvalue weighted by atomic mass is 32.2. The fourth-order valence-corrected chi connectivity index (χ4v) is 5.79. The van der Waals surface area contributed by atoms with E-state index in [0.29, 0.717) is 18.7 Å². The monoisotopic (exact) mass is 502 g/mol. The van der Waals surface area contributed by atoms with Crippen molar-refractivity contribution in [2.24, 2.45) is 0 Å². The van der Waals surface area contributed by atoms with Crippen LogP contribution in [-0.2, 0) is 9.84 Å². The molecule has 0 atom stereocenters. The number of fused-ring (bicyclic) bond motifs is 1. The number of carbonyl (C=O) groups is 1. The summed E-state index contributed by atoms with van der Waals surface area (Å²) in [6.07, 6.45) is 0. The average Bonchev–Trinajstić information content (AvgIpc) is 3.28. The predicted octanol–water partition coefficient (Wildman–Crippen LogP) is 3.04. The molecule has 1 fully saturated rings. The van der Waals surface area contributed by atoms with Crippen molar-refractivity contribution in [2.45, 2.75) is 18.7 Å². The van der Waals surface area contributed by atoms with E-state index in [1.165, 1.54) is 12.1 Å². The van der Waals surface area contributed by atoms with E-state index in [9.17, 15) is 13.2 Å². The van der Waals surface area contributed by atoms with Crippen LogP contribution in [0.25, 0.3) is 10.2 Å². The van der Waals surface area contributed by atoms with Gasteiger partial charge in [-0.3, -0.25) is 9.69 Å². The standard InChI is InChI=1S/C24H30N4O4S2/c1-3-32-19-7-10-21-22(17-19)33-24(26-21)28-15-13-27(14-16-28)12-11-25-23(29)18-5-8-20(9-6-18)34(30,31)4-2/h5-10,17H,3-4,11-16H2,1-2H3,(H,25,29). The van der Waals surface area contributed by atoms with E-state index in [0.717, 1.165) is 53.8 Å². The van der Waals surface area contributed by atoms with Gasteiger partial charge in [-0.15, -0.1) is 0 Å². The Hall–Kier alpha value is -2.69. The Labute approximate surface area is 204 Å². The number of ether oxygens (including phenoxy) is 1. The first-order valence-electron chi connectivity index (χ1n) is 11.5. The van der Waals surface area contributed by atoms with Crippen molar-refractivity contribution < 1.29 is 17.9 Å². The van der Waals surface area contributed by atoms with Gasteiger partial charge in [0.15, 0.2) is 15.0 Å². The van der Waals surface area contributed by atoms with Crippen LogP contribution in [0.15, 0.2) is 47.4 Å². The molecule has 0 spiro atoms. The summed E-state index contributed by atoms with van der Waals surface area (Å²) < 4.78 is 30.5. The van der Waals surface area contributed by atoms with E-state index in [4.69, 9.17) is 9.72 Å². The lowest BCUT2D eigenvalue weighted by Crippen LogP contribution is -2.48. The molecule has 0 radical (unpaired) electrons. The number of aromatic nitrogens is 1. The van der Waals surface area contributed by atoms with Crippen molar-refractivity contribution in [3.63, 3.8) is 0 Å². The average molecular weight is 503 g/mol. The number of thiazole rings is 1. The fourth-order valence-electron chi connectivity index (χ4n) is 3.86. The fraction of sp³-hybridized carbons (Fsp3) is 0.417. The van der Waals surface area contributed by atoms with Gasteiger partial charge in [0, 0.05) is 44.8 Å². The molecule has 3 aromatic rings. The highest BCUT2D eigenvalue weighted by Gasteiger charge is 2.20. The molecular weight excluding hydrogens is 472 g/mol. The minimum absolute atomic E-state index is 0.0413. The van der Waals surface area contributed by atoms with Crippen molar-refractivity contribution in [1.29, 1.82) is 0 Å². The summed E-state index contributed by atoms with van der Waals surface area (Å²) in [5.41, 5.74) is 1.46. The van der Waals surface area contributed by atoms with Gasteiger partial charge in [0.05, 0.1) is 27.5 Å². The number of carbonyl (C=O) groups excluding carboxylic acids is 1. The molecule has 8 nitrogen and oxygen atoms in total. The molecule has 182 valence electrons. The quantitative estimate of drug-likeness (QED) is 0.481. The zero-order valence-corrected chi connectivity index (χ0v) is 21.1. The van der Waals surface area contributed by atoms with Crippen molar-refractivity contribution in [3.05, 3.63) is 48.0 Å². The summed E-state index contributed by atoms with van der Waals surface area (Å²) in [5.74, 6) is 0.721. The summed E-state index contributed by atoms with van der Waals surface area (Å²) in [5, 5.41) is 3.96. The Bertz CT molecular complexity index is 1230. The summed E-state index contributed by atoms with van der Waals surface area (Å²) in [6.45, 7) is 9.11. The number of amides is 1. The van der Waals surface area contributed by atoms with E-state index >= 15 is 0 Å². The van der Waals surface area contributed by atoms with Crippen LogP contribution in [0.2, 0.25) is 0 Å². The van der Waals surface area contributed by atoms with Crippen LogP contribution in [0.5, 0.6) is 5.75 Å². The Morgan fingerprint density at radius 2 is 1.82 bits per heavy atom. The second-order valence-corrected chi connectivity index (χ2v) is 11.4. The number of sulfone groups is 1. The molecule has 1 saturated heterocycles. The van der Waals surface area contributed by atoms with Crippen LogP contribution in [0, 0.1) is 0 Å². The SMILES string of the molecule is CCOc1ccc2nc(N3CCN(CCNC(=O)c4ccc(S(=O)(=O)CC)cc4)CC3)sc2c1. The Morgan fingerprint density at radius 1 is 1.09 bits per heavy atom.